The molecule has 7 heteroatoms. The molecule has 0 unspecified atom stereocenters. The van der Waals surface area contributed by atoms with Gasteiger partial charge in [0.2, 0.25) is 5.95 Å². The molecule has 2 aromatic heterocycles. The maximum atomic E-state index is 11.9. The summed E-state index contributed by atoms with van der Waals surface area (Å²) < 4.78 is 0.749. The normalized spacial score (nSPS) is 10.1. The van der Waals surface area contributed by atoms with E-state index in [4.69, 9.17) is 0 Å². The van der Waals surface area contributed by atoms with Crippen LogP contribution in [0.2, 0.25) is 0 Å². The van der Waals surface area contributed by atoms with Gasteiger partial charge in [-0.05, 0) is 22.0 Å². The average molecular weight is 322 g/mol. The van der Waals surface area contributed by atoms with Crippen LogP contribution in [0.5, 0.6) is 0 Å². The predicted octanol–water partition coefficient (Wildman–Crippen LogP) is 1.95. The fourth-order valence-electron chi connectivity index (χ4n) is 1.36. The first-order chi connectivity index (χ1) is 9.06. The molecule has 6 nitrogen and oxygen atoms in total. The molecule has 0 radical (unpaired) electrons. The van der Waals surface area contributed by atoms with E-state index in [1.54, 1.807) is 29.6 Å². The molecule has 0 saturated carbocycles. The third kappa shape index (κ3) is 3.47. The number of nitrogens with one attached hydrogen (secondary N) is 1. The maximum absolute atomic E-state index is 11.9. The third-order valence-electron chi connectivity index (χ3n) is 2.26. The Labute approximate surface area is 119 Å². The van der Waals surface area contributed by atoms with Crippen molar-refractivity contribution in [2.24, 2.45) is 0 Å². The second-order valence-electron chi connectivity index (χ2n) is 4.01. The second kappa shape index (κ2) is 5.75. The van der Waals surface area contributed by atoms with E-state index in [0.29, 0.717) is 17.2 Å². The van der Waals surface area contributed by atoms with Crippen molar-refractivity contribution in [1.29, 1.82) is 0 Å². The van der Waals surface area contributed by atoms with Crippen molar-refractivity contribution in [3.05, 3.63) is 40.9 Å². The first-order valence-electron chi connectivity index (χ1n) is 5.47. The largest absolute Gasteiger partial charge is 0.347 e. The molecule has 0 aromatic carbocycles. The number of halogens is 1. The molecule has 2 rings (SSSR count). The molecule has 0 bridgehead atoms. The van der Waals surface area contributed by atoms with E-state index in [0.717, 1.165) is 4.47 Å². The minimum Gasteiger partial charge on any atom is -0.347 e. The number of aromatic nitrogens is 3. The van der Waals surface area contributed by atoms with Crippen molar-refractivity contribution in [3.8, 4) is 0 Å². The van der Waals surface area contributed by atoms with Crippen molar-refractivity contribution in [2.75, 3.05) is 24.3 Å². The molecule has 2 aromatic rings. The number of carbonyl (C=O) groups is 1. The van der Waals surface area contributed by atoms with Crippen LogP contribution in [-0.2, 0) is 0 Å². The summed E-state index contributed by atoms with van der Waals surface area (Å²) in [5.41, 5.74) is 1.00. The van der Waals surface area contributed by atoms with Gasteiger partial charge in [0.05, 0.1) is 23.6 Å². The monoisotopic (exact) mass is 321 g/mol. The zero-order valence-electron chi connectivity index (χ0n) is 10.5. The molecule has 0 aliphatic rings. The van der Waals surface area contributed by atoms with E-state index >= 15 is 0 Å². The van der Waals surface area contributed by atoms with Gasteiger partial charge in [0.1, 0.15) is 0 Å². The molecule has 2 heterocycles. The fourth-order valence-corrected chi connectivity index (χ4v) is 1.72. The van der Waals surface area contributed by atoms with Crippen molar-refractivity contribution in [2.45, 2.75) is 0 Å². The second-order valence-corrected chi connectivity index (χ2v) is 4.93. The van der Waals surface area contributed by atoms with Crippen molar-refractivity contribution in [3.63, 3.8) is 0 Å². The maximum Gasteiger partial charge on any atom is 0.257 e. The van der Waals surface area contributed by atoms with Crippen LogP contribution in [0.3, 0.4) is 0 Å². The van der Waals surface area contributed by atoms with Gasteiger partial charge in [0.25, 0.3) is 5.91 Å². The van der Waals surface area contributed by atoms with Gasteiger partial charge in [-0.1, -0.05) is 0 Å². The summed E-state index contributed by atoms with van der Waals surface area (Å²) in [6.07, 6.45) is 6.23. The highest BCUT2D eigenvalue weighted by Crippen LogP contribution is 2.12. The van der Waals surface area contributed by atoms with Crippen molar-refractivity contribution in [1.82, 2.24) is 15.0 Å². The number of hydrogen-bond acceptors (Lipinski definition) is 5. The van der Waals surface area contributed by atoms with Gasteiger partial charge < -0.3 is 10.2 Å². The number of amides is 1. The predicted molar refractivity (Wildman–Crippen MR) is 76.2 cm³/mol. The summed E-state index contributed by atoms with van der Waals surface area (Å²) in [6.45, 7) is 0. The number of hydrogen-bond donors (Lipinski definition) is 1. The van der Waals surface area contributed by atoms with E-state index in [2.05, 4.69) is 36.2 Å². The first kappa shape index (κ1) is 13.4. The standard InChI is InChI=1S/C12H12BrN5O/c1-18(2)12-15-6-10(7-16-12)17-11(19)8-3-9(13)5-14-4-8/h3-7H,1-2H3,(H,17,19). The Kier molecular flexibility index (Phi) is 4.06. The van der Waals surface area contributed by atoms with Gasteiger partial charge in [-0.15, -0.1) is 0 Å². The first-order valence-corrected chi connectivity index (χ1v) is 6.27. The van der Waals surface area contributed by atoms with E-state index in [1.807, 2.05) is 14.1 Å². The lowest BCUT2D eigenvalue weighted by Crippen LogP contribution is -2.15. The van der Waals surface area contributed by atoms with Crippen LogP contribution < -0.4 is 10.2 Å². The van der Waals surface area contributed by atoms with Crippen LogP contribution in [0.25, 0.3) is 0 Å². The van der Waals surface area contributed by atoms with Crippen LogP contribution in [0.15, 0.2) is 35.3 Å². The number of nitrogens with zero attached hydrogens (tertiary/aromatic N) is 4. The lowest BCUT2D eigenvalue weighted by molar-refractivity contribution is 0.102. The number of rotatable bonds is 3. The molecule has 1 N–H and O–H groups in total. The van der Waals surface area contributed by atoms with Crippen LogP contribution >= 0.6 is 15.9 Å². The van der Waals surface area contributed by atoms with Gasteiger partial charge in [-0.25, -0.2) is 9.97 Å². The molecule has 19 heavy (non-hydrogen) atoms. The third-order valence-corrected chi connectivity index (χ3v) is 2.70. The molecule has 1 amide bonds. The summed E-state index contributed by atoms with van der Waals surface area (Å²) >= 11 is 3.27. The summed E-state index contributed by atoms with van der Waals surface area (Å²) in [4.78, 5) is 25.9. The highest BCUT2D eigenvalue weighted by molar-refractivity contribution is 9.10. The van der Waals surface area contributed by atoms with Crippen LogP contribution in [-0.4, -0.2) is 35.0 Å². The van der Waals surface area contributed by atoms with Crippen molar-refractivity contribution >= 4 is 33.5 Å². The number of carbonyl (C=O) groups excluding carboxylic acids is 1. The summed E-state index contributed by atoms with van der Waals surface area (Å²) in [7, 11) is 3.70. The lowest BCUT2D eigenvalue weighted by Gasteiger charge is -2.10. The summed E-state index contributed by atoms with van der Waals surface area (Å²) in [6, 6.07) is 1.69. The van der Waals surface area contributed by atoms with Crippen LogP contribution in [0, 0.1) is 0 Å². The van der Waals surface area contributed by atoms with E-state index in [9.17, 15) is 4.79 Å². The van der Waals surface area contributed by atoms with Gasteiger partial charge in [-0.2, -0.15) is 0 Å². The van der Waals surface area contributed by atoms with E-state index < -0.39 is 0 Å². The molecular formula is C12H12BrN5O. The van der Waals surface area contributed by atoms with Gasteiger partial charge >= 0.3 is 0 Å². The average Bonchev–Trinajstić information content (AvgIpc) is 2.39. The smallest absolute Gasteiger partial charge is 0.257 e. The zero-order chi connectivity index (χ0) is 13.8. The fraction of sp³-hybridized carbons (Fsp3) is 0.167. The Hall–Kier alpha value is -2.02. The molecule has 0 saturated heterocycles. The van der Waals surface area contributed by atoms with Crippen LogP contribution in [0.1, 0.15) is 10.4 Å². The lowest BCUT2D eigenvalue weighted by atomic mass is 10.2. The highest BCUT2D eigenvalue weighted by Gasteiger charge is 2.08. The van der Waals surface area contributed by atoms with Gasteiger partial charge in [0.15, 0.2) is 0 Å². The summed E-state index contributed by atoms with van der Waals surface area (Å²) in [5, 5.41) is 2.71. The molecule has 0 aliphatic heterocycles. The molecule has 0 spiro atoms. The zero-order valence-corrected chi connectivity index (χ0v) is 12.0. The Morgan fingerprint density at radius 3 is 2.47 bits per heavy atom. The highest BCUT2D eigenvalue weighted by atomic mass is 79.9. The minimum absolute atomic E-state index is 0.255. The molecule has 98 valence electrons. The Balaban J connectivity index is 2.10. The number of pyridine rings is 1. The Bertz CT molecular complexity index is 585. The topological polar surface area (TPSA) is 71.0 Å². The SMILES string of the molecule is CN(C)c1ncc(NC(=O)c2cncc(Br)c2)cn1. The summed E-state index contributed by atoms with van der Waals surface area (Å²) in [5.74, 6) is 0.331. The molecule has 0 atom stereocenters. The van der Waals surface area contributed by atoms with Crippen molar-refractivity contribution < 1.29 is 4.79 Å². The van der Waals surface area contributed by atoms with Crippen LogP contribution in [0.4, 0.5) is 11.6 Å². The molecular weight excluding hydrogens is 310 g/mol. The molecule has 0 aliphatic carbocycles. The number of anilines is 2. The van der Waals surface area contributed by atoms with Gasteiger partial charge in [-0.3, -0.25) is 9.78 Å². The molecule has 0 fully saturated rings. The van der Waals surface area contributed by atoms with Gasteiger partial charge in [0, 0.05) is 31.0 Å². The quantitative estimate of drug-likeness (QED) is 0.935. The van der Waals surface area contributed by atoms with E-state index in [-0.39, 0.29) is 5.91 Å². The Morgan fingerprint density at radius 1 is 1.21 bits per heavy atom. The minimum atomic E-state index is -0.255. The van der Waals surface area contributed by atoms with E-state index in [1.165, 1.54) is 6.20 Å². The Morgan fingerprint density at radius 2 is 1.89 bits per heavy atom.